The Morgan fingerprint density at radius 1 is 1.39 bits per heavy atom. The van der Waals surface area contributed by atoms with Crippen LogP contribution in [-0.2, 0) is 0 Å². The lowest BCUT2D eigenvalue weighted by Gasteiger charge is -2.19. The first-order valence-electron chi connectivity index (χ1n) is 5.25. The summed E-state index contributed by atoms with van der Waals surface area (Å²) < 4.78 is 13.2. The number of benzene rings is 1. The van der Waals surface area contributed by atoms with E-state index in [9.17, 15) is 4.39 Å². The molecule has 18 heavy (non-hydrogen) atoms. The minimum absolute atomic E-state index is 0.108. The first-order chi connectivity index (χ1) is 8.59. The van der Waals surface area contributed by atoms with Gasteiger partial charge in [0.1, 0.15) is 11.7 Å². The Bertz CT molecular complexity index is 584. The number of rotatable bonds is 3. The fourth-order valence-electron chi connectivity index (χ4n) is 1.59. The van der Waals surface area contributed by atoms with Gasteiger partial charge in [0.2, 0.25) is 0 Å². The highest BCUT2D eigenvalue weighted by molar-refractivity contribution is 6.00. The molecule has 92 valence electrons. The van der Waals surface area contributed by atoms with Crippen LogP contribution in [0.25, 0.3) is 0 Å². The number of nitrogens with one attached hydrogen (secondary N) is 1. The summed E-state index contributed by atoms with van der Waals surface area (Å²) in [4.78, 5) is 1.63. The van der Waals surface area contributed by atoms with Crippen molar-refractivity contribution in [1.82, 2.24) is 10.2 Å². The van der Waals surface area contributed by atoms with E-state index >= 15 is 0 Å². The molecule has 0 atom stereocenters. The molecule has 0 aliphatic heterocycles. The standard InChI is InChI=1S/C12H12FN5/c1-18(9-4-2-3-8(13)7-9)12-10(11(14)15)5-6-16-17-12/h2-7H,1H3,(H3,14,15). The van der Waals surface area contributed by atoms with Crippen LogP contribution < -0.4 is 10.6 Å². The zero-order chi connectivity index (χ0) is 13.1. The van der Waals surface area contributed by atoms with Crippen LogP contribution in [0.2, 0.25) is 0 Å². The maximum Gasteiger partial charge on any atom is 0.166 e. The van der Waals surface area contributed by atoms with Crippen molar-refractivity contribution >= 4 is 17.3 Å². The number of nitrogens with zero attached hydrogens (tertiary/aromatic N) is 3. The van der Waals surface area contributed by atoms with E-state index in [1.54, 1.807) is 30.1 Å². The van der Waals surface area contributed by atoms with E-state index < -0.39 is 0 Å². The Labute approximate surface area is 104 Å². The molecule has 1 aromatic heterocycles. The zero-order valence-corrected chi connectivity index (χ0v) is 9.76. The van der Waals surface area contributed by atoms with E-state index in [1.807, 2.05) is 0 Å². The Hall–Kier alpha value is -2.50. The van der Waals surface area contributed by atoms with Crippen molar-refractivity contribution in [3.8, 4) is 0 Å². The molecule has 0 saturated heterocycles. The highest BCUT2D eigenvalue weighted by Gasteiger charge is 2.13. The van der Waals surface area contributed by atoms with Gasteiger partial charge >= 0.3 is 0 Å². The predicted octanol–water partition coefficient (Wildman–Crippen LogP) is 1.67. The van der Waals surface area contributed by atoms with E-state index in [-0.39, 0.29) is 11.7 Å². The Kier molecular flexibility index (Phi) is 3.18. The normalized spacial score (nSPS) is 10.1. The molecular formula is C12H12FN5. The summed E-state index contributed by atoms with van der Waals surface area (Å²) in [6.45, 7) is 0. The lowest BCUT2D eigenvalue weighted by Crippen LogP contribution is -2.20. The molecule has 0 bridgehead atoms. The van der Waals surface area contributed by atoms with Gasteiger partial charge in [-0.3, -0.25) is 5.41 Å². The lowest BCUT2D eigenvalue weighted by molar-refractivity contribution is 0.628. The molecule has 0 radical (unpaired) electrons. The third kappa shape index (κ3) is 2.27. The zero-order valence-electron chi connectivity index (χ0n) is 9.76. The van der Waals surface area contributed by atoms with Crippen LogP contribution in [0, 0.1) is 11.2 Å². The molecule has 0 fully saturated rings. The number of halogens is 1. The fourth-order valence-corrected chi connectivity index (χ4v) is 1.59. The largest absolute Gasteiger partial charge is 0.384 e. The quantitative estimate of drug-likeness (QED) is 0.636. The number of nitrogen functional groups attached to an aromatic ring is 1. The van der Waals surface area contributed by atoms with Gasteiger partial charge in [0.05, 0.1) is 11.8 Å². The topological polar surface area (TPSA) is 78.9 Å². The third-order valence-electron chi connectivity index (χ3n) is 2.50. The summed E-state index contributed by atoms with van der Waals surface area (Å²) >= 11 is 0. The number of nitrogens with two attached hydrogens (primary N) is 1. The van der Waals surface area contributed by atoms with Crippen molar-refractivity contribution in [2.75, 3.05) is 11.9 Å². The van der Waals surface area contributed by atoms with Gasteiger partial charge in [-0.1, -0.05) is 6.07 Å². The lowest BCUT2D eigenvalue weighted by atomic mass is 10.2. The number of aromatic nitrogens is 2. The van der Waals surface area contributed by atoms with Crippen LogP contribution in [0.1, 0.15) is 5.56 Å². The maximum absolute atomic E-state index is 13.2. The molecule has 3 N–H and O–H groups in total. The molecule has 5 nitrogen and oxygen atoms in total. The molecule has 0 saturated carbocycles. The van der Waals surface area contributed by atoms with E-state index in [4.69, 9.17) is 11.1 Å². The minimum Gasteiger partial charge on any atom is -0.384 e. The van der Waals surface area contributed by atoms with Crippen LogP contribution in [-0.4, -0.2) is 23.1 Å². The Morgan fingerprint density at radius 3 is 2.83 bits per heavy atom. The molecule has 0 aliphatic rings. The van der Waals surface area contributed by atoms with E-state index in [2.05, 4.69) is 10.2 Å². The second-order valence-corrected chi connectivity index (χ2v) is 3.72. The van der Waals surface area contributed by atoms with Crippen molar-refractivity contribution in [2.24, 2.45) is 5.73 Å². The average Bonchev–Trinajstić information content (AvgIpc) is 2.38. The van der Waals surface area contributed by atoms with Crippen molar-refractivity contribution in [1.29, 1.82) is 5.41 Å². The predicted molar refractivity (Wildman–Crippen MR) is 67.5 cm³/mol. The first kappa shape index (κ1) is 12.0. The first-order valence-corrected chi connectivity index (χ1v) is 5.25. The average molecular weight is 245 g/mol. The summed E-state index contributed by atoms with van der Waals surface area (Å²) in [6, 6.07) is 7.67. The Morgan fingerprint density at radius 2 is 2.17 bits per heavy atom. The Balaban J connectivity index is 2.46. The smallest absolute Gasteiger partial charge is 0.166 e. The summed E-state index contributed by atoms with van der Waals surface area (Å²) in [7, 11) is 1.71. The van der Waals surface area contributed by atoms with Crippen molar-refractivity contribution in [3.63, 3.8) is 0 Å². The van der Waals surface area contributed by atoms with Crippen LogP contribution in [0.5, 0.6) is 0 Å². The molecule has 0 spiro atoms. The van der Waals surface area contributed by atoms with Crippen LogP contribution in [0.3, 0.4) is 0 Å². The highest BCUT2D eigenvalue weighted by atomic mass is 19.1. The molecule has 0 aliphatic carbocycles. The van der Waals surface area contributed by atoms with Crippen LogP contribution in [0.4, 0.5) is 15.9 Å². The van der Waals surface area contributed by atoms with Crippen molar-refractivity contribution in [3.05, 3.63) is 47.9 Å². The SMILES string of the molecule is CN(c1cccc(F)c1)c1nnccc1C(=N)N. The second-order valence-electron chi connectivity index (χ2n) is 3.72. The molecule has 0 unspecified atom stereocenters. The van der Waals surface area contributed by atoms with Crippen molar-refractivity contribution in [2.45, 2.75) is 0 Å². The van der Waals surface area contributed by atoms with Gasteiger partial charge in [0.15, 0.2) is 5.82 Å². The molecule has 1 aromatic carbocycles. The van der Waals surface area contributed by atoms with E-state index in [0.717, 1.165) is 0 Å². The summed E-state index contributed by atoms with van der Waals surface area (Å²) in [5, 5.41) is 15.2. The molecule has 1 heterocycles. The molecule has 0 amide bonds. The van der Waals surface area contributed by atoms with Gasteiger partial charge in [-0.2, -0.15) is 5.10 Å². The van der Waals surface area contributed by atoms with Crippen molar-refractivity contribution < 1.29 is 4.39 Å². The minimum atomic E-state index is -0.340. The third-order valence-corrected chi connectivity index (χ3v) is 2.50. The van der Waals surface area contributed by atoms with Gasteiger partial charge in [-0.25, -0.2) is 4.39 Å². The summed E-state index contributed by atoms with van der Waals surface area (Å²) in [6.07, 6.45) is 1.46. The number of amidine groups is 1. The van der Waals surface area contributed by atoms with Gasteiger partial charge in [-0.15, -0.1) is 5.10 Å². The maximum atomic E-state index is 13.2. The van der Waals surface area contributed by atoms with Crippen LogP contribution >= 0.6 is 0 Å². The van der Waals surface area contributed by atoms with Gasteiger partial charge < -0.3 is 10.6 Å². The van der Waals surface area contributed by atoms with Gasteiger partial charge in [0.25, 0.3) is 0 Å². The molecule has 2 aromatic rings. The monoisotopic (exact) mass is 245 g/mol. The summed E-state index contributed by atoms with van der Waals surface area (Å²) in [5.41, 5.74) is 6.54. The second kappa shape index (κ2) is 4.79. The fraction of sp³-hybridized carbons (Fsp3) is 0.0833. The number of hydrogen-bond donors (Lipinski definition) is 2. The van der Waals surface area contributed by atoms with Crippen LogP contribution in [0.15, 0.2) is 36.5 Å². The summed E-state index contributed by atoms with van der Waals surface area (Å²) in [5.74, 6) is -0.0358. The molecular weight excluding hydrogens is 233 g/mol. The molecule has 2 rings (SSSR count). The van der Waals surface area contributed by atoms with E-state index in [1.165, 1.54) is 18.3 Å². The highest BCUT2D eigenvalue weighted by Crippen LogP contribution is 2.24. The number of hydrogen-bond acceptors (Lipinski definition) is 4. The van der Waals surface area contributed by atoms with E-state index in [0.29, 0.717) is 17.1 Å². The van der Waals surface area contributed by atoms with Gasteiger partial charge in [0, 0.05) is 12.7 Å². The molecule has 6 heteroatoms. The van der Waals surface area contributed by atoms with Gasteiger partial charge in [-0.05, 0) is 24.3 Å². The number of anilines is 2.